The second-order valence-corrected chi connectivity index (χ2v) is 10.6. The first-order valence-electron chi connectivity index (χ1n) is 12.3. The Balaban J connectivity index is 1.68. The Morgan fingerprint density at radius 1 is 0.949 bits per heavy atom. The van der Waals surface area contributed by atoms with Crippen LogP contribution in [0, 0.1) is 18.8 Å². The van der Waals surface area contributed by atoms with Crippen LogP contribution in [0.25, 0.3) is 0 Å². The third-order valence-electron chi connectivity index (χ3n) is 5.73. The molecule has 0 aliphatic carbocycles. The molecule has 204 valence electrons. The molecule has 3 aromatic rings. The van der Waals surface area contributed by atoms with Crippen LogP contribution in [0.1, 0.15) is 16.7 Å². The fraction of sp³-hybridized carbons (Fsp3) is 0.258. The number of ether oxygens (including phenoxy) is 3. The standard InChI is InChI=1S/C31H33NO6S/c1-4-31(38-24-27-14-16-28(36-3)17-15-27)30(33)22-32(39(34,35)29-18-12-25(2)13-19-29)20-8-9-21-37-23-26-10-6-5-7-11-26/h5-7,10-19,30,33H,1,20-24H2,2-3H3. The van der Waals surface area contributed by atoms with E-state index in [0.29, 0.717) is 12.4 Å². The van der Waals surface area contributed by atoms with E-state index in [4.69, 9.17) is 14.2 Å². The molecule has 0 saturated carbocycles. The molecule has 7 nitrogen and oxygen atoms in total. The van der Waals surface area contributed by atoms with Crippen molar-refractivity contribution in [2.45, 2.75) is 31.1 Å². The van der Waals surface area contributed by atoms with Crippen LogP contribution in [0.3, 0.4) is 0 Å². The van der Waals surface area contributed by atoms with Gasteiger partial charge in [0.1, 0.15) is 25.1 Å². The Hall–Kier alpha value is -3.83. The highest BCUT2D eigenvalue weighted by Crippen LogP contribution is 2.19. The van der Waals surface area contributed by atoms with Gasteiger partial charge in [0.2, 0.25) is 10.0 Å². The predicted octanol–water partition coefficient (Wildman–Crippen LogP) is 4.46. The average Bonchev–Trinajstić information content (AvgIpc) is 2.95. The highest BCUT2D eigenvalue weighted by Gasteiger charge is 2.28. The van der Waals surface area contributed by atoms with Crippen molar-refractivity contribution in [2.24, 2.45) is 0 Å². The van der Waals surface area contributed by atoms with Crippen LogP contribution < -0.4 is 4.74 Å². The smallest absolute Gasteiger partial charge is 0.244 e. The second-order valence-electron chi connectivity index (χ2n) is 8.64. The summed E-state index contributed by atoms with van der Waals surface area (Å²) in [6.45, 7) is 5.71. The molecule has 0 fully saturated rings. The predicted molar refractivity (Wildman–Crippen MR) is 150 cm³/mol. The monoisotopic (exact) mass is 547 g/mol. The normalized spacial score (nSPS) is 11.7. The van der Waals surface area contributed by atoms with Gasteiger partial charge in [0.25, 0.3) is 0 Å². The van der Waals surface area contributed by atoms with Crippen molar-refractivity contribution >= 4 is 10.0 Å². The highest BCUT2D eigenvalue weighted by molar-refractivity contribution is 7.89. The maximum Gasteiger partial charge on any atom is 0.244 e. The van der Waals surface area contributed by atoms with Crippen molar-refractivity contribution in [2.75, 3.05) is 26.8 Å². The van der Waals surface area contributed by atoms with Crippen molar-refractivity contribution < 1.29 is 27.7 Å². The van der Waals surface area contributed by atoms with Crippen molar-refractivity contribution in [3.05, 3.63) is 114 Å². The number of aliphatic hydroxyl groups excluding tert-OH is 1. The van der Waals surface area contributed by atoms with E-state index in [-0.39, 0.29) is 37.0 Å². The lowest BCUT2D eigenvalue weighted by Gasteiger charge is -2.24. The fourth-order valence-electron chi connectivity index (χ4n) is 3.52. The third kappa shape index (κ3) is 9.15. The number of nitrogens with zero attached hydrogens (tertiary/aromatic N) is 1. The molecule has 1 unspecified atom stereocenters. The molecular weight excluding hydrogens is 514 g/mol. The number of methoxy groups -OCH3 is 1. The van der Waals surface area contributed by atoms with E-state index in [1.165, 1.54) is 12.1 Å². The van der Waals surface area contributed by atoms with Crippen molar-refractivity contribution in [1.29, 1.82) is 0 Å². The first kappa shape index (κ1) is 29.7. The van der Waals surface area contributed by atoms with E-state index in [1.807, 2.05) is 49.4 Å². The number of hydrogen-bond donors (Lipinski definition) is 1. The van der Waals surface area contributed by atoms with E-state index in [1.54, 1.807) is 31.4 Å². The van der Waals surface area contributed by atoms with Crippen LogP contribution in [0.5, 0.6) is 5.75 Å². The van der Waals surface area contributed by atoms with Crippen LogP contribution in [-0.4, -0.2) is 50.7 Å². The van der Waals surface area contributed by atoms with Gasteiger partial charge in [-0.2, -0.15) is 4.31 Å². The minimum absolute atomic E-state index is 0.0362. The summed E-state index contributed by atoms with van der Waals surface area (Å²) >= 11 is 0. The Morgan fingerprint density at radius 3 is 2.26 bits per heavy atom. The molecule has 0 spiro atoms. The van der Waals surface area contributed by atoms with Gasteiger partial charge in [-0.1, -0.05) is 84.3 Å². The van der Waals surface area contributed by atoms with Gasteiger partial charge in [0.05, 0.1) is 25.2 Å². The van der Waals surface area contributed by atoms with Crippen LogP contribution in [-0.2, 0) is 32.7 Å². The van der Waals surface area contributed by atoms with Crippen molar-refractivity contribution in [3.8, 4) is 17.6 Å². The lowest BCUT2D eigenvalue weighted by molar-refractivity contribution is 0.0841. The van der Waals surface area contributed by atoms with Gasteiger partial charge in [-0.15, -0.1) is 0 Å². The minimum Gasteiger partial charge on any atom is -0.497 e. The van der Waals surface area contributed by atoms with Crippen LogP contribution >= 0.6 is 0 Å². The van der Waals surface area contributed by atoms with Gasteiger partial charge in [-0.25, -0.2) is 8.42 Å². The number of rotatable bonds is 13. The van der Waals surface area contributed by atoms with E-state index in [9.17, 15) is 13.5 Å². The molecule has 0 bridgehead atoms. The van der Waals surface area contributed by atoms with Gasteiger partial charge in [0.15, 0.2) is 5.76 Å². The number of aliphatic hydroxyl groups is 1. The van der Waals surface area contributed by atoms with Crippen LogP contribution in [0.15, 0.2) is 102 Å². The van der Waals surface area contributed by atoms with E-state index in [2.05, 4.69) is 24.2 Å². The van der Waals surface area contributed by atoms with Crippen LogP contribution in [0.4, 0.5) is 0 Å². The summed E-state index contributed by atoms with van der Waals surface area (Å²) in [5.41, 5.74) is 5.37. The summed E-state index contributed by atoms with van der Waals surface area (Å²) in [7, 11) is -2.38. The van der Waals surface area contributed by atoms with Gasteiger partial charge < -0.3 is 19.3 Å². The molecule has 0 aliphatic heterocycles. The first-order chi connectivity index (χ1) is 18.8. The molecule has 0 saturated heterocycles. The van der Waals surface area contributed by atoms with Gasteiger partial charge >= 0.3 is 0 Å². The number of hydrogen-bond acceptors (Lipinski definition) is 6. The molecule has 0 radical (unpaired) electrons. The zero-order valence-corrected chi connectivity index (χ0v) is 23.0. The van der Waals surface area contributed by atoms with Crippen molar-refractivity contribution in [3.63, 3.8) is 0 Å². The summed E-state index contributed by atoms with van der Waals surface area (Å²) in [4.78, 5) is 0.103. The highest BCUT2D eigenvalue weighted by atomic mass is 32.2. The van der Waals surface area contributed by atoms with Crippen molar-refractivity contribution in [1.82, 2.24) is 4.31 Å². The summed E-state index contributed by atoms with van der Waals surface area (Å²) in [5.74, 6) is 6.45. The first-order valence-corrected chi connectivity index (χ1v) is 13.8. The number of benzene rings is 3. The Kier molecular flexibility index (Phi) is 11.4. The molecule has 3 aromatic carbocycles. The quantitative estimate of drug-likeness (QED) is 0.147. The third-order valence-corrected chi connectivity index (χ3v) is 7.56. The van der Waals surface area contributed by atoms with E-state index < -0.39 is 16.1 Å². The average molecular weight is 548 g/mol. The lowest BCUT2D eigenvalue weighted by Crippen LogP contribution is -2.38. The zero-order valence-electron chi connectivity index (χ0n) is 22.2. The number of aryl methyl sites for hydroxylation is 1. The van der Waals surface area contributed by atoms with Gasteiger partial charge in [-0.3, -0.25) is 0 Å². The molecule has 8 heteroatoms. The van der Waals surface area contributed by atoms with Gasteiger partial charge in [-0.05, 0) is 42.3 Å². The topological polar surface area (TPSA) is 85.3 Å². The SMILES string of the molecule is C=C=C(OCc1ccc(OC)cc1)C(O)CN(CC#CCOCc1ccccc1)S(=O)(=O)c1ccc(C)cc1. The van der Waals surface area contributed by atoms with E-state index >= 15 is 0 Å². The molecular formula is C31H33NO6S. The van der Waals surface area contributed by atoms with Crippen LogP contribution in [0.2, 0.25) is 0 Å². The maximum absolute atomic E-state index is 13.5. The Labute approximate surface area is 231 Å². The second kappa shape index (κ2) is 14.9. The molecule has 0 heterocycles. The summed E-state index contributed by atoms with van der Waals surface area (Å²) < 4.78 is 44.5. The lowest BCUT2D eigenvalue weighted by atomic mass is 10.2. The molecule has 0 aliphatic rings. The molecule has 3 rings (SSSR count). The Bertz CT molecular complexity index is 1400. The summed E-state index contributed by atoms with van der Waals surface area (Å²) in [6.07, 6.45) is -1.31. The largest absolute Gasteiger partial charge is 0.497 e. The molecule has 1 atom stereocenters. The van der Waals surface area contributed by atoms with E-state index in [0.717, 1.165) is 21.0 Å². The summed E-state index contributed by atoms with van der Waals surface area (Å²) in [5, 5.41) is 10.9. The molecule has 39 heavy (non-hydrogen) atoms. The maximum atomic E-state index is 13.5. The summed E-state index contributed by atoms with van der Waals surface area (Å²) in [6, 6.07) is 23.4. The molecule has 0 amide bonds. The Morgan fingerprint density at radius 2 is 1.62 bits per heavy atom. The number of sulfonamides is 1. The molecule has 1 N–H and O–H groups in total. The fourth-order valence-corrected chi connectivity index (χ4v) is 4.87. The van der Waals surface area contributed by atoms with Gasteiger partial charge in [0, 0.05) is 6.54 Å². The zero-order chi connectivity index (χ0) is 28.1. The molecule has 0 aromatic heterocycles. The minimum atomic E-state index is -3.97.